The van der Waals surface area contributed by atoms with Gasteiger partial charge in [-0.25, -0.2) is 0 Å². The summed E-state index contributed by atoms with van der Waals surface area (Å²) in [5.74, 6) is 0. The molecule has 5 heteroatoms. The minimum atomic E-state index is 0.835. The van der Waals surface area contributed by atoms with E-state index in [2.05, 4.69) is 14.9 Å². The fourth-order valence-corrected chi connectivity index (χ4v) is 2.57. The lowest BCUT2D eigenvalue weighted by atomic mass is 10.2. The first-order valence-electron chi connectivity index (χ1n) is 7.50. The van der Waals surface area contributed by atoms with Gasteiger partial charge in [-0.1, -0.05) is 6.42 Å². The number of nitrogens with zero attached hydrogens (tertiary/aromatic N) is 4. The number of nitrogens with two attached hydrogens (primary N) is 1. The lowest BCUT2D eigenvalue weighted by Gasteiger charge is -2.34. The molecule has 0 aliphatic carbocycles. The SMILES string of the molecule is NCCCCCN1CCN(CCn2cccn2)CC1. The van der Waals surface area contributed by atoms with Crippen LogP contribution >= 0.6 is 0 Å². The lowest BCUT2D eigenvalue weighted by Crippen LogP contribution is -2.47. The molecule has 1 fully saturated rings. The molecule has 0 unspecified atom stereocenters. The summed E-state index contributed by atoms with van der Waals surface area (Å²) in [6.45, 7) is 9.00. The van der Waals surface area contributed by atoms with Gasteiger partial charge in [-0.15, -0.1) is 0 Å². The van der Waals surface area contributed by atoms with Crippen LogP contribution in [0.25, 0.3) is 0 Å². The maximum atomic E-state index is 5.51. The Morgan fingerprint density at radius 1 is 0.895 bits per heavy atom. The van der Waals surface area contributed by atoms with Crippen LogP contribution in [0.1, 0.15) is 19.3 Å². The van der Waals surface area contributed by atoms with Crippen molar-refractivity contribution in [2.24, 2.45) is 5.73 Å². The molecular formula is C14H27N5. The van der Waals surface area contributed by atoms with Gasteiger partial charge in [0.15, 0.2) is 0 Å². The molecule has 1 aromatic heterocycles. The second kappa shape index (κ2) is 8.30. The monoisotopic (exact) mass is 265 g/mol. The van der Waals surface area contributed by atoms with Crippen LogP contribution in [0.5, 0.6) is 0 Å². The number of aromatic nitrogens is 2. The van der Waals surface area contributed by atoms with Gasteiger partial charge >= 0.3 is 0 Å². The number of rotatable bonds is 8. The van der Waals surface area contributed by atoms with Crippen LogP contribution < -0.4 is 5.73 Å². The highest BCUT2D eigenvalue weighted by atomic mass is 15.3. The molecule has 108 valence electrons. The maximum Gasteiger partial charge on any atom is 0.0536 e. The minimum absolute atomic E-state index is 0.835. The van der Waals surface area contributed by atoms with E-state index in [1.54, 1.807) is 0 Å². The topological polar surface area (TPSA) is 50.3 Å². The molecule has 1 aliphatic rings. The normalized spacial score (nSPS) is 17.9. The average molecular weight is 265 g/mol. The van der Waals surface area contributed by atoms with Gasteiger partial charge in [0.05, 0.1) is 6.54 Å². The third kappa shape index (κ3) is 5.30. The van der Waals surface area contributed by atoms with Gasteiger partial charge < -0.3 is 10.6 Å². The summed E-state index contributed by atoms with van der Waals surface area (Å²) in [6.07, 6.45) is 7.62. The van der Waals surface area contributed by atoms with Crippen molar-refractivity contribution in [1.29, 1.82) is 0 Å². The Hall–Kier alpha value is -0.910. The van der Waals surface area contributed by atoms with Crippen molar-refractivity contribution in [3.05, 3.63) is 18.5 Å². The first-order chi connectivity index (χ1) is 9.38. The van der Waals surface area contributed by atoms with Crippen LogP contribution in [-0.4, -0.2) is 65.4 Å². The molecule has 19 heavy (non-hydrogen) atoms. The highest BCUT2D eigenvalue weighted by Gasteiger charge is 2.15. The van der Waals surface area contributed by atoms with E-state index in [-0.39, 0.29) is 0 Å². The van der Waals surface area contributed by atoms with Gasteiger partial charge in [0, 0.05) is 45.1 Å². The van der Waals surface area contributed by atoms with Crippen molar-refractivity contribution in [2.75, 3.05) is 45.8 Å². The third-order valence-corrected chi connectivity index (χ3v) is 3.85. The third-order valence-electron chi connectivity index (χ3n) is 3.85. The predicted octanol–water partition coefficient (Wildman–Crippen LogP) is 0.630. The standard InChI is InChI=1S/C14H27N5/c15-5-2-1-3-7-17-9-11-18(12-10-17)13-14-19-8-4-6-16-19/h4,6,8H,1-3,5,7,9-15H2. The number of unbranched alkanes of at least 4 members (excludes halogenated alkanes) is 2. The zero-order chi connectivity index (χ0) is 13.3. The van der Waals surface area contributed by atoms with Gasteiger partial charge in [-0.05, 0) is 32.0 Å². The first kappa shape index (κ1) is 14.5. The molecule has 1 aromatic rings. The molecule has 1 saturated heterocycles. The fourth-order valence-electron chi connectivity index (χ4n) is 2.57. The average Bonchev–Trinajstić information content (AvgIpc) is 2.96. The molecule has 2 heterocycles. The highest BCUT2D eigenvalue weighted by Crippen LogP contribution is 2.04. The number of hydrogen-bond donors (Lipinski definition) is 1. The summed E-state index contributed by atoms with van der Waals surface area (Å²) in [5, 5.41) is 4.24. The Morgan fingerprint density at radius 3 is 2.26 bits per heavy atom. The fraction of sp³-hybridized carbons (Fsp3) is 0.786. The van der Waals surface area contributed by atoms with Gasteiger partial charge in [0.25, 0.3) is 0 Å². The summed E-state index contributed by atoms with van der Waals surface area (Å²) in [4.78, 5) is 5.12. The Bertz CT molecular complexity index is 317. The molecule has 0 bridgehead atoms. The van der Waals surface area contributed by atoms with Gasteiger partial charge in [-0.2, -0.15) is 5.10 Å². The van der Waals surface area contributed by atoms with Gasteiger partial charge in [0.1, 0.15) is 0 Å². The summed E-state index contributed by atoms with van der Waals surface area (Å²) >= 11 is 0. The molecule has 0 aromatic carbocycles. The predicted molar refractivity (Wildman–Crippen MR) is 78.0 cm³/mol. The smallest absolute Gasteiger partial charge is 0.0536 e. The van der Waals surface area contributed by atoms with Crippen LogP contribution in [0.2, 0.25) is 0 Å². The molecule has 0 atom stereocenters. The van der Waals surface area contributed by atoms with Crippen molar-refractivity contribution in [3.8, 4) is 0 Å². The second-order valence-corrected chi connectivity index (χ2v) is 5.30. The van der Waals surface area contributed by atoms with Crippen LogP contribution in [0.15, 0.2) is 18.5 Å². The van der Waals surface area contributed by atoms with Crippen molar-refractivity contribution < 1.29 is 0 Å². The summed E-state index contributed by atoms with van der Waals surface area (Å²) < 4.78 is 2.01. The van der Waals surface area contributed by atoms with E-state index in [1.807, 2.05) is 23.1 Å². The van der Waals surface area contributed by atoms with Crippen LogP contribution in [0.3, 0.4) is 0 Å². The Morgan fingerprint density at radius 2 is 1.63 bits per heavy atom. The summed E-state index contributed by atoms with van der Waals surface area (Å²) in [5.41, 5.74) is 5.51. The Balaban J connectivity index is 1.55. The molecule has 1 aliphatic heterocycles. The van der Waals surface area contributed by atoms with Crippen molar-refractivity contribution in [2.45, 2.75) is 25.8 Å². The van der Waals surface area contributed by atoms with Crippen LogP contribution in [-0.2, 0) is 6.54 Å². The molecule has 2 N–H and O–H groups in total. The molecule has 0 spiro atoms. The lowest BCUT2D eigenvalue weighted by molar-refractivity contribution is 0.126. The van der Waals surface area contributed by atoms with Crippen LogP contribution in [0.4, 0.5) is 0 Å². The zero-order valence-electron chi connectivity index (χ0n) is 11.9. The largest absolute Gasteiger partial charge is 0.330 e. The van der Waals surface area contributed by atoms with Crippen LogP contribution in [0, 0.1) is 0 Å². The van der Waals surface area contributed by atoms with E-state index in [9.17, 15) is 0 Å². The second-order valence-electron chi connectivity index (χ2n) is 5.30. The molecule has 5 nitrogen and oxygen atoms in total. The molecule has 0 amide bonds. The molecule has 2 rings (SSSR count). The van der Waals surface area contributed by atoms with E-state index in [0.29, 0.717) is 0 Å². The Labute approximate surface area is 116 Å². The van der Waals surface area contributed by atoms with E-state index in [4.69, 9.17) is 5.73 Å². The maximum absolute atomic E-state index is 5.51. The minimum Gasteiger partial charge on any atom is -0.330 e. The van der Waals surface area contributed by atoms with E-state index in [1.165, 1.54) is 52.0 Å². The highest BCUT2D eigenvalue weighted by molar-refractivity contribution is 4.78. The van der Waals surface area contributed by atoms with Gasteiger partial charge in [-0.3, -0.25) is 9.58 Å². The van der Waals surface area contributed by atoms with Crippen molar-refractivity contribution in [3.63, 3.8) is 0 Å². The van der Waals surface area contributed by atoms with E-state index in [0.717, 1.165) is 19.6 Å². The van der Waals surface area contributed by atoms with E-state index >= 15 is 0 Å². The molecular weight excluding hydrogens is 238 g/mol. The quantitative estimate of drug-likeness (QED) is 0.701. The molecule has 0 radical (unpaired) electrons. The van der Waals surface area contributed by atoms with Gasteiger partial charge in [0.2, 0.25) is 0 Å². The summed E-state index contributed by atoms with van der Waals surface area (Å²) in [7, 11) is 0. The van der Waals surface area contributed by atoms with E-state index < -0.39 is 0 Å². The molecule has 0 saturated carbocycles. The summed E-state index contributed by atoms with van der Waals surface area (Å²) in [6, 6.07) is 1.99. The van der Waals surface area contributed by atoms with Crippen molar-refractivity contribution >= 4 is 0 Å². The first-order valence-corrected chi connectivity index (χ1v) is 7.50. The Kier molecular flexibility index (Phi) is 6.33. The zero-order valence-corrected chi connectivity index (χ0v) is 11.9. The number of piperazine rings is 1. The van der Waals surface area contributed by atoms with Crippen molar-refractivity contribution in [1.82, 2.24) is 19.6 Å². The number of hydrogen-bond acceptors (Lipinski definition) is 4.